The predicted molar refractivity (Wildman–Crippen MR) is 94.3 cm³/mol. The Morgan fingerprint density at radius 2 is 1.75 bits per heavy atom. The average molecular weight is 316 g/mol. The summed E-state index contributed by atoms with van der Waals surface area (Å²) >= 11 is 0. The van der Waals surface area contributed by atoms with Gasteiger partial charge in [0.15, 0.2) is 0 Å². The molecule has 0 saturated heterocycles. The number of imidazole rings is 1. The van der Waals surface area contributed by atoms with Crippen molar-refractivity contribution >= 4 is 5.52 Å². The molecule has 0 aliphatic carbocycles. The molecule has 0 bridgehead atoms. The van der Waals surface area contributed by atoms with Crippen molar-refractivity contribution in [1.29, 1.82) is 0 Å². The van der Waals surface area contributed by atoms with E-state index in [0.29, 0.717) is 0 Å². The van der Waals surface area contributed by atoms with Crippen molar-refractivity contribution < 1.29 is 9.84 Å². The molecule has 4 nitrogen and oxygen atoms in total. The van der Waals surface area contributed by atoms with Crippen molar-refractivity contribution in [2.45, 2.75) is 0 Å². The number of nitrogens with zero attached hydrogens (tertiary/aromatic N) is 2. The van der Waals surface area contributed by atoms with E-state index in [-0.39, 0.29) is 5.75 Å². The standard InChI is InChI=1S/C20H16N2O2/c1-24-16-8-6-14(7-9-16)18-10-15(12-22-13-21-11-19(18)22)17-4-2-3-5-20(17)23/h2-13,23H,1H3. The molecule has 4 aromatic rings. The van der Waals surface area contributed by atoms with E-state index < -0.39 is 0 Å². The van der Waals surface area contributed by atoms with Gasteiger partial charge in [0.1, 0.15) is 11.5 Å². The predicted octanol–water partition coefficient (Wildman–Crippen LogP) is 4.38. The van der Waals surface area contributed by atoms with Crippen molar-refractivity contribution in [3.05, 3.63) is 73.3 Å². The molecule has 0 saturated carbocycles. The van der Waals surface area contributed by atoms with Gasteiger partial charge >= 0.3 is 0 Å². The molecule has 4 rings (SSSR count). The molecule has 118 valence electrons. The molecule has 0 aliphatic rings. The zero-order valence-electron chi connectivity index (χ0n) is 13.2. The summed E-state index contributed by atoms with van der Waals surface area (Å²) in [5.74, 6) is 1.08. The highest BCUT2D eigenvalue weighted by molar-refractivity contribution is 5.85. The fourth-order valence-corrected chi connectivity index (χ4v) is 2.90. The quantitative estimate of drug-likeness (QED) is 0.610. The number of ether oxygens (including phenoxy) is 1. The minimum absolute atomic E-state index is 0.262. The zero-order valence-corrected chi connectivity index (χ0v) is 13.2. The maximum absolute atomic E-state index is 10.2. The number of para-hydroxylation sites is 1. The molecule has 0 fully saturated rings. The van der Waals surface area contributed by atoms with Gasteiger partial charge in [-0.25, -0.2) is 4.98 Å². The summed E-state index contributed by atoms with van der Waals surface area (Å²) in [6.45, 7) is 0. The van der Waals surface area contributed by atoms with Gasteiger partial charge < -0.3 is 14.2 Å². The van der Waals surface area contributed by atoms with Crippen LogP contribution in [0.15, 0.2) is 73.3 Å². The third kappa shape index (κ3) is 2.38. The molecule has 0 aliphatic heterocycles. The number of hydrogen-bond donors (Lipinski definition) is 1. The van der Waals surface area contributed by atoms with E-state index in [0.717, 1.165) is 33.5 Å². The Morgan fingerprint density at radius 1 is 0.958 bits per heavy atom. The maximum Gasteiger partial charge on any atom is 0.123 e. The normalized spacial score (nSPS) is 10.9. The first kappa shape index (κ1) is 14.3. The Kier molecular flexibility index (Phi) is 3.43. The van der Waals surface area contributed by atoms with Gasteiger partial charge in [0, 0.05) is 22.9 Å². The van der Waals surface area contributed by atoms with E-state index in [1.54, 1.807) is 19.5 Å². The first-order valence-electron chi connectivity index (χ1n) is 7.65. The van der Waals surface area contributed by atoms with Crippen LogP contribution in [0.1, 0.15) is 0 Å². The van der Waals surface area contributed by atoms with E-state index in [4.69, 9.17) is 4.74 Å². The number of fused-ring (bicyclic) bond motifs is 1. The summed E-state index contributed by atoms with van der Waals surface area (Å²) < 4.78 is 7.21. The molecule has 0 spiro atoms. The minimum Gasteiger partial charge on any atom is -0.507 e. The summed E-state index contributed by atoms with van der Waals surface area (Å²) in [6.07, 6.45) is 5.59. The molecular weight excluding hydrogens is 300 g/mol. The van der Waals surface area contributed by atoms with Gasteiger partial charge in [-0.1, -0.05) is 30.3 Å². The van der Waals surface area contributed by atoms with E-state index >= 15 is 0 Å². The second kappa shape index (κ2) is 5.74. The van der Waals surface area contributed by atoms with Crippen LogP contribution in [0.25, 0.3) is 27.8 Å². The molecule has 24 heavy (non-hydrogen) atoms. The van der Waals surface area contributed by atoms with Crippen molar-refractivity contribution in [3.63, 3.8) is 0 Å². The fourth-order valence-electron chi connectivity index (χ4n) is 2.90. The number of benzene rings is 2. The molecule has 0 radical (unpaired) electrons. The molecule has 0 unspecified atom stereocenters. The number of rotatable bonds is 3. The Morgan fingerprint density at radius 3 is 2.50 bits per heavy atom. The van der Waals surface area contributed by atoms with Crippen LogP contribution in [0.4, 0.5) is 0 Å². The molecule has 0 atom stereocenters. The third-order valence-corrected chi connectivity index (χ3v) is 4.14. The molecule has 1 N–H and O–H groups in total. The fraction of sp³-hybridized carbons (Fsp3) is 0.0500. The van der Waals surface area contributed by atoms with E-state index in [1.165, 1.54) is 0 Å². The van der Waals surface area contributed by atoms with Gasteiger partial charge in [0.25, 0.3) is 0 Å². The molecule has 2 heterocycles. The van der Waals surface area contributed by atoms with Crippen molar-refractivity contribution in [1.82, 2.24) is 9.38 Å². The minimum atomic E-state index is 0.262. The highest BCUT2D eigenvalue weighted by Crippen LogP contribution is 2.34. The highest BCUT2D eigenvalue weighted by atomic mass is 16.5. The smallest absolute Gasteiger partial charge is 0.123 e. The zero-order chi connectivity index (χ0) is 16.5. The van der Waals surface area contributed by atoms with Crippen molar-refractivity contribution in [2.75, 3.05) is 7.11 Å². The summed E-state index contributed by atoms with van der Waals surface area (Å²) in [7, 11) is 1.66. The second-order valence-electron chi connectivity index (χ2n) is 5.57. The number of pyridine rings is 1. The first-order valence-corrected chi connectivity index (χ1v) is 7.65. The summed E-state index contributed by atoms with van der Waals surface area (Å²) in [5, 5.41) is 10.2. The van der Waals surface area contributed by atoms with Crippen LogP contribution < -0.4 is 4.74 Å². The van der Waals surface area contributed by atoms with Crippen LogP contribution in [0.3, 0.4) is 0 Å². The Balaban J connectivity index is 1.94. The van der Waals surface area contributed by atoms with Crippen LogP contribution in [-0.4, -0.2) is 21.6 Å². The number of phenolic OH excluding ortho intramolecular Hbond substituents is 1. The van der Waals surface area contributed by atoms with Gasteiger partial charge in [0.05, 0.1) is 25.2 Å². The Labute approximate surface area is 139 Å². The summed E-state index contributed by atoms with van der Waals surface area (Å²) in [4.78, 5) is 4.25. The molecule has 2 aromatic heterocycles. The largest absolute Gasteiger partial charge is 0.507 e. The lowest BCUT2D eigenvalue weighted by Gasteiger charge is -2.11. The SMILES string of the molecule is COc1ccc(-c2cc(-c3ccccc3O)cn3cncc23)cc1. The molecule has 4 heteroatoms. The Bertz CT molecular complexity index is 1000. The van der Waals surface area contributed by atoms with Gasteiger partial charge in [-0.2, -0.15) is 0 Å². The van der Waals surface area contributed by atoms with Crippen LogP contribution in [-0.2, 0) is 0 Å². The van der Waals surface area contributed by atoms with Gasteiger partial charge in [-0.3, -0.25) is 0 Å². The van der Waals surface area contributed by atoms with Crippen LogP contribution >= 0.6 is 0 Å². The summed E-state index contributed by atoms with van der Waals surface area (Å²) in [5.41, 5.74) is 4.86. The average Bonchev–Trinajstić information content (AvgIpc) is 3.10. The number of methoxy groups -OCH3 is 1. The van der Waals surface area contributed by atoms with Crippen LogP contribution in [0.5, 0.6) is 11.5 Å². The molecule has 0 amide bonds. The third-order valence-electron chi connectivity index (χ3n) is 4.14. The first-order chi connectivity index (χ1) is 11.8. The van der Waals surface area contributed by atoms with E-state index in [9.17, 15) is 5.11 Å². The maximum atomic E-state index is 10.2. The monoisotopic (exact) mass is 316 g/mol. The lowest BCUT2D eigenvalue weighted by molar-refractivity contribution is 0.415. The lowest BCUT2D eigenvalue weighted by Crippen LogP contribution is -1.90. The van der Waals surface area contributed by atoms with Crippen LogP contribution in [0.2, 0.25) is 0 Å². The second-order valence-corrected chi connectivity index (χ2v) is 5.57. The Hall–Kier alpha value is -3.27. The van der Waals surface area contributed by atoms with Gasteiger partial charge in [-0.15, -0.1) is 0 Å². The molecule has 2 aromatic carbocycles. The number of phenols is 1. The number of hydrogen-bond acceptors (Lipinski definition) is 3. The van der Waals surface area contributed by atoms with Crippen LogP contribution in [0, 0.1) is 0 Å². The number of aromatic nitrogens is 2. The number of aromatic hydroxyl groups is 1. The van der Waals surface area contributed by atoms with Crippen molar-refractivity contribution in [3.8, 4) is 33.8 Å². The summed E-state index contributed by atoms with van der Waals surface area (Å²) in [6, 6.07) is 17.3. The van der Waals surface area contributed by atoms with Gasteiger partial charge in [-0.05, 0) is 29.8 Å². The van der Waals surface area contributed by atoms with E-state index in [1.807, 2.05) is 59.3 Å². The highest BCUT2D eigenvalue weighted by Gasteiger charge is 2.11. The van der Waals surface area contributed by atoms with Gasteiger partial charge in [0.2, 0.25) is 0 Å². The molecular formula is C20H16N2O2. The van der Waals surface area contributed by atoms with Crippen molar-refractivity contribution in [2.24, 2.45) is 0 Å². The lowest BCUT2D eigenvalue weighted by atomic mass is 10.00. The topological polar surface area (TPSA) is 46.8 Å². The van der Waals surface area contributed by atoms with E-state index in [2.05, 4.69) is 11.1 Å².